The van der Waals surface area contributed by atoms with E-state index in [2.05, 4.69) is 140 Å². The summed E-state index contributed by atoms with van der Waals surface area (Å²) in [6, 6.07) is 50.0. The summed E-state index contributed by atoms with van der Waals surface area (Å²) in [6.07, 6.45) is 0. The number of hydrogen-bond donors (Lipinski definition) is 0. The van der Waals surface area contributed by atoms with Crippen LogP contribution in [-0.2, 0) is 0 Å². The molecule has 8 rings (SSSR count). The van der Waals surface area contributed by atoms with Gasteiger partial charge in [0.15, 0.2) is 0 Å². The Balaban J connectivity index is 1.44. The molecular weight excluding hydrogens is 491 g/mol. The van der Waals surface area contributed by atoms with Crippen molar-refractivity contribution < 1.29 is 4.74 Å². The van der Waals surface area contributed by atoms with Crippen molar-refractivity contribution in [1.82, 2.24) is 0 Å². The lowest BCUT2D eigenvalue weighted by Crippen LogP contribution is -2.54. The minimum absolute atomic E-state index is 0.108. The highest BCUT2D eigenvalue weighted by Gasteiger charge is 2.33. The average molecular weight is 514 g/mol. The first-order chi connectivity index (χ1) is 19.3. The summed E-state index contributed by atoms with van der Waals surface area (Å²) in [5.74, 6) is 1.88. The van der Waals surface area contributed by atoms with Gasteiger partial charge in [0, 0.05) is 20.3 Å². The Labute approximate surface area is 232 Å². The predicted molar refractivity (Wildman–Crippen MR) is 168 cm³/mol. The van der Waals surface area contributed by atoms with Crippen LogP contribution in [0.5, 0.6) is 11.5 Å². The van der Waals surface area contributed by atoms with Crippen molar-refractivity contribution >= 4 is 54.6 Å². The van der Waals surface area contributed by atoms with Gasteiger partial charge < -0.3 is 4.74 Å². The Morgan fingerprint density at radius 3 is 1.72 bits per heavy atom. The van der Waals surface area contributed by atoms with E-state index in [4.69, 9.17) is 4.74 Å². The van der Waals surface area contributed by atoms with Crippen LogP contribution in [-0.4, -0.2) is 6.71 Å². The first-order valence-corrected chi connectivity index (χ1v) is 14.1. The highest BCUT2D eigenvalue weighted by molar-refractivity contribution is 7.28. The summed E-state index contributed by atoms with van der Waals surface area (Å²) >= 11 is 1.92. The second kappa shape index (κ2) is 9.01. The van der Waals surface area contributed by atoms with Gasteiger partial charge in [-0.1, -0.05) is 121 Å². The second-order valence-corrected chi connectivity index (χ2v) is 11.1. The Bertz CT molecular complexity index is 1950. The zero-order valence-electron chi connectivity index (χ0n) is 21.2. The molecule has 0 N–H and O–H groups in total. The van der Waals surface area contributed by atoms with Crippen LogP contribution in [0.3, 0.4) is 0 Å². The summed E-state index contributed by atoms with van der Waals surface area (Å²) in [6.45, 7) is 0.108. The van der Waals surface area contributed by atoms with Crippen molar-refractivity contribution in [2.45, 2.75) is 0 Å². The largest absolute Gasteiger partial charge is 0.458 e. The van der Waals surface area contributed by atoms with Crippen LogP contribution in [0.2, 0.25) is 0 Å². The maximum atomic E-state index is 6.35. The number of para-hydroxylation sites is 2. The lowest BCUT2D eigenvalue weighted by molar-refractivity contribution is 0.487. The van der Waals surface area contributed by atoms with Crippen molar-refractivity contribution in [3.05, 3.63) is 140 Å². The van der Waals surface area contributed by atoms with Gasteiger partial charge in [0.1, 0.15) is 11.5 Å². The summed E-state index contributed by atoms with van der Waals surface area (Å²) < 4.78 is 9.02. The predicted octanol–water partition coefficient (Wildman–Crippen LogP) is 8.01. The summed E-state index contributed by atoms with van der Waals surface area (Å²) in [5.41, 5.74) is 8.77. The van der Waals surface area contributed by atoms with Crippen molar-refractivity contribution in [1.29, 1.82) is 0 Å². The fourth-order valence-electron chi connectivity index (χ4n) is 6.02. The van der Waals surface area contributed by atoms with Crippen LogP contribution >= 0.6 is 11.3 Å². The molecule has 3 heteroatoms. The first-order valence-electron chi connectivity index (χ1n) is 13.3. The molecule has 2 heterocycles. The van der Waals surface area contributed by atoms with E-state index in [9.17, 15) is 0 Å². The Kier molecular flexibility index (Phi) is 5.17. The molecule has 6 aromatic carbocycles. The zero-order valence-corrected chi connectivity index (χ0v) is 22.0. The van der Waals surface area contributed by atoms with Crippen LogP contribution in [0, 0.1) is 0 Å². The summed E-state index contributed by atoms with van der Waals surface area (Å²) in [7, 11) is 0. The summed E-state index contributed by atoms with van der Waals surface area (Å²) in [5, 5.41) is 2.62. The van der Waals surface area contributed by atoms with Gasteiger partial charge in [-0.25, -0.2) is 0 Å². The molecule has 0 aliphatic carbocycles. The number of benzene rings is 6. The standard InChI is InChI=1S/C36H23BOS/c1-3-12-24(13-4-1)26-22-28(25-14-5-2-6-15-25)35-29(23-26)27-16-11-19-32(36(27)39-35)37-30-17-7-9-20-33(30)38-34-21-10-8-18-31(34)37/h1-23H. The maximum absolute atomic E-state index is 6.35. The van der Waals surface area contributed by atoms with Gasteiger partial charge in [-0.3, -0.25) is 0 Å². The summed E-state index contributed by atoms with van der Waals surface area (Å²) in [4.78, 5) is 0. The molecule has 1 aliphatic rings. The average Bonchev–Trinajstić information content (AvgIpc) is 3.39. The van der Waals surface area contributed by atoms with Gasteiger partial charge >= 0.3 is 0 Å². The minimum Gasteiger partial charge on any atom is -0.458 e. The molecule has 0 unspecified atom stereocenters. The molecule has 0 bridgehead atoms. The lowest BCUT2D eigenvalue weighted by atomic mass is 9.36. The minimum atomic E-state index is 0.108. The molecular formula is C36H23BOS. The Hall–Kier alpha value is -4.60. The monoisotopic (exact) mass is 514 g/mol. The van der Waals surface area contributed by atoms with E-state index in [0.29, 0.717) is 0 Å². The van der Waals surface area contributed by atoms with Gasteiger partial charge in [-0.15, -0.1) is 11.3 Å². The topological polar surface area (TPSA) is 9.23 Å². The van der Waals surface area contributed by atoms with Gasteiger partial charge in [0.25, 0.3) is 6.71 Å². The van der Waals surface area contributed by atoms with Gasteiger partial charge in [0.05, 0.1) is 0 Å². The molecule has 0 atom stereocenters. The van der Waals surface area contributed by atoms with Crippen LogP contribution in [0.15, 0.2) is 140 Å². The normalized spacial score (nSPS) is 12.3. The van der Waals surface area contributed by atoms with Crippen LogP contribution in [0.1, 0.15) is 0 Å². The third kappa shape index (κ3) is 3.62. The van der Waals surface area contributed by atoms with Gasteiger partial charge in [0.2, 0.25) is 0 Å². The van der Waals surface area contributed by atoms with E-state index in [-0.39, 0.29) is 6.71 Å². The van der Waals surface area contributed by atoms with E-state index in [0.717, 1.165) is 11.5 Å². The van der Waals surface area contributed by atoms with Crippen LogP contribution < -0.4 is 21.1 Å². The molecule has 1 nitrogen and oxygen atoms in total. The lowest BCUT2D eigenvalue weighted by Gasteiger charge is -2.26. The quantitative estimate of drug-likeness (QED) is 0.217. The number of ether oxygens (including phenoxy) is 1. The smallest absolute Gasteiger partial charge is 0.252 e. The molecule has 7 aromatic rings. The SMILES string of the molecule is c1ccc(-c2cc(-c3ccccc3)c3sc4c(B5c6ccccc6Oc6ccccc65)cccc4c3c2)cc1. The van der Waals surface area contributed by atoms with E-state index >= 15 is 0 Å². The molecule has 1 aromatic heterocycles. The van der Waals surface area contributed by atoms with Crippen molar-refractivity contribution in [3.63, 3.8) is 0 Å². The molecule has 39 heavy (non-hydrogen) atoms. The second-order valence-electron chi connectivity index (χ2n) is 10.1. The molecule has 0 radical (unpaired) electrons. The van der Waals surface area contributed by atoms with Crippen LogP contribution in [0.4, 0.5) is 0 Å². The van der Waals surface area contributed by atoms with Crippen molar-refractivity contribution in [2.24, 2.45) is 0 Å². The number of fused-ring (bicyclic) bond motifs is 5. The molecule has 0 saturated carbocycles. The van der Waals surface area contributed by atoms with E-state index in [1.807, 2.05) is 11.3 Å². The van der Waals surface area contributed by atoms with Crippen molar-refractivity contribution in [2.75, 3.05) is 0 Å². The van der Waals surface area contributed by atoms with E-state index < -0.39 is 0 Å². The first kappa shape index (κ1) is 22.4. The number of rotatable bonds is 3. The fraction of sp³-hybridized carbons (Fsp3) is 0. The fourth-order valence-corrected chi connectivity index (χ4v) is 7.38. The number of hydrogen-bond acceptors (Lipinski definition) is 2. The molecule has 182 valence electrons. The number of thiophene rings is 1. The molecule has 0 fully saturated rings. The Morgan fingerprint density at radius 1 is 0.436 bits per heavy atom. The van der Waals surface area contributed by atoms with E-state index in [1.54, 1.807) is 0 Å². The third-order valence-electron chi connectivity index (χ3n) is 7.81. The highest BCUT2D eigenvalue weighted by Crippen LogP contribution is 2.42. The molecule has 0 saturated heterocycles. The molecule has 0 spiro atoms. The molecule has 1 aliphatic heterocycles. The van der Waals surface area contributed by atoms with Gasteiger partial charge in [-0.2, -0.15) is 0 Å². The van der Waals surface area contributed by atoms with E-state index in [1.165, 1.54) is 58.8 Å². The van der Waals surface area contributed by atoms with Crippen LogP contribution in [0.25, 0.3) is 42.4 Å². The highest BCUT2D eigenvalue weighted by atomic mass is 32.1. The van der Waals surface area contributed by atoms with Gasteiger partial charge in [-0.05, 0) is 57.3 Å². The Morgan fingerprint density at radius 2 is 1.03 bits per heavy atom. The zero-order chi connectivity index (χ0) is 25.8. The van der Waals surface area contributed by atoms with Crippen molar-refractivity contribution in [3.8, 4) is 33.8 Å². The third-order valence-corrected chi connectivity index (χ3v) is 9.12. The maximum Gasteiger partial charge on any atom is 0.252 e. The molecule has 0 amide bonds.